The van der Waals surface area contributed by atoms with Gasteiger partial charge in [-0.3, -0.25) is 9.59 Å². The van der Waals surface area contributed by atoms with Gasteiger partial charge < -0.3 is 19.5 Å². The average Bonchev–Trinajstić information content (AvgIpc) is 2.71. The second-order valence-corrected chi connectivity index (χ2v) is 10.1. The Morgan fingerprint density at radius 2 is 1.91 bits per heavy atom. The van der Waals surface area contributed by atoms with Crippen LogP contribution in [-0.2, 0) is 9.59 Å². The number of aryl methyl sites for hydroxylation is 1. The molecule has 0 radical (unpaired) electrons. The summed E-state index contributed by atoms with van der Waals surface area (Å²) in [6.45, 7) is 2.07. The Balaban J connectivity index is 1.08. The summed E-state index contributed by atoms with van der Waals surface area (Å²) in [6, 6.07) is 10.4. The van der Waals surface area contributed by atoms with E-state index in [-0.39, 0.29) is 35.9 Å². The molecular weight excluding hydrogens is 453 g/mol. The third-order valence-corrected chi connectivity index (χ3v) is 7.15. The number of ether oxygens (including phenoxy) is 3. The molecule has 0 aromatic heterocycles. The number of carbonyl (C=O) groups is 2. The van der Waals surface area contributed by atoms with Crippen LogP contribution in [0.2, 0.25) is 10.0 Å². The molecule has 1 atom stereocenters. The molecule has 1 aliphatic heterocycles. The highest BCUT2D eigenvalue weighted by Gasteiger charge is 2.68. The van der Waals surface area contributed by atoms with Gasteiger partial charge in [0.05, 0.1) is 0 Å². The van der Waals surface area contributed by atoms with Crippen molar-refractivity contribution in [3.63, 3.8) is 0 Å². The number of Topliss-reactive ketones (excluding diaryl/α,β-unsaturated/α-hetero) is 1. The van der Waals surface area contributed by atoms with Crippen LogP contribution in [0.25, 0.3) is 0 Å². The van der Waals surface area contributed by atoms with E-state index in [0.29, 0.717) is 33.7 Å². The number of rotatable bonds is 7. The van der Waals surface area contributed by atoms with Crippen molar-refractivity contribution in [1.82, 2.24) is 5.32 Å². The van der Waals surface area contributed by atoms with Crippen molar-refractivity contribution < 1.29 is 23.8 Å². The van der Waals surface area contributed by atoms with Gasteiger partial charge in [-0.1, -0.05) is 23.2 Å². The fourth-order valence-corrected chi connectivity index (χ4v) is 5.45. The maximum Gasteiger partial charge on any atom is 0.265 e. The molecule has 3 aliphatic carbocycles. The molecule has 168 valence electrons. The highest BCUT2D eigenvalue weighted by atomic mass is 35.5. The van der Waals surface area contributed by atoms with Gasteiger partial charge in [-0.15, -0.1) is 0 Å². The monoisotopic (exact) mass is 475 g/mol. The molecule has 2 aromatic rings. The Bertz CT molecular complexity index is 1080. The van der Waals surface area contributed by atoms with Crippen LogP contribution in [0.15, 0.2) is 36.4 Å². The highest BCUT2D eigenvalue weighted by molar-refractivity contribution is 6.31. The van der Waals surface area contributed by atoms with Crippen molar-refractivity contribution in [2.75, 3.05) is 13.2 Å². The van der Waals surface area contributed by atoms with E-state index < -0.39 is 6.10 Å². The lowest BCUT2D eigenvalue weighted by Crippen LogP contribution is -2.76. The number of ketones is 1. The molecule has 1 amide bonds. The first kappa shape index (κ1) is 21.4. The molecule has 0 spiro atoms. The summed E-state index contributed by atoms with van der Waals surface area (Å²) in [5.74, 6) is 1.57. The molecule has 2 aromatic carbocycles. The van der Waals surface area contributed by atoms with Crippen molar-refractivity contribution in [3.05, 3.63) is 52.0 Å². The van der Waals surface area contributed by atoms with Crippen molar-refractivity contribution >= 4 is 34.9 Å². The lowest BCUT2D eigenvalue weighted by Gasteiger charge is -2.70. The first-order chi connectivity index (χ1) is 15.2. The van der Waals surface area contributed by atoms with Crippen LogP contribution in [0.3, 0.4) is 0 Å². The van der Waals surface area contributed by atoms with E-state index in [4.69, 9.17) is 37.4 Å². The third-order valence-electron chi connectivity index (χ3n) is 6.49. The van der Waals surface area contributed by atoms with E-state index in [1.165, 1.54) is 0 Å². The Morgan fingerprint density at radius 1 is 1.12 bits per heavy atom. The predicted octanol–water partition coefficient (Wildman–Crippen LogP) is 4.52. The van der Waals surface area contributed by atoms with Gasteiger partial charge in [-0.05, 0) is 67.5 Å². The number of halogens is 2. The Hall–Kier alpha value is -2.44. The van der Waals surface area contributed by atoms with Gasteiger partial charge in [0.1, 0.15) is 19.0 Å². The van der Waals surface area contributed by atoms with Crippen LogP contribution >= 0.6 is 23.2 Å². The van der Waals surface area contributed by atoms with Crippen LogP contribution in [-0.4, -0.2) is 36.5 Å². The minimum Gasteiger partial charge on any atom is -0.486 e. The molecule has 1 N–H and O–H groups in total. The SMILES string of the molecule is Cc1cc(OCC(=O)CC23CC(NC(=O)[C@H]4COc5cc(Cl)ccc5O4)(C2)C3)ccc1Cl. The van der Waals surface area contributed by atoms with Gasteiger partial charge in [-0.25, -0.2) is 0 Å². The van der Waals surface area contributed by atoms with Gasteiger partial charge in [0, 0.05) is 28.1 Å². The number of amides is 1. The fraction of sp³-hybridized carbons (Fsp3) is 0.417. The number of nitrogens with one attached hydrogen (secondary N) is 1. The lowest BCUT2D eigenvalue weighted by atomic mass is 9.38. The summed E-state index contributed by atoms with van der Waals surface area (Å²) < 4.78 is 17.0. The number of fused-ring (bicyclic) bond motifs is 1. The second kappa shape index (κ2) is 7.85. The molecule has 1 heterocycles. The fourth-order valence-electron chi connectivity index (χ4n) is 5.17. The number of hydrogen-bond donors (Lipinski definition) is 1. The Labute approximate surface area is 196 Å². The van der Waals surface area contributed by atoms with Crippen LogP contribution in [0.4, 0.5) is 0 Å². The van der Waals surface area contributed by atoms with Crippen LogP contribution < -0.4 is 19.5 Å². The molecule has 6 nitrogen and oxygen atoms in total. The molecule has 2 bridgehead atoms. The molecule has 4 aliphatic rings. The van der Waals surface area contributed by atoms with E-state index in [9.17, 15) is 9.59 Å². The van der Waals surface area contributed by atoms with E-state index in [1.54, 1.807) is 30.3 Å². The highest BCUT2D eigenvalue weighted by Crippen LogP contribution is 2.69. The summed E-state index contributed by atoms with van der Waals surface area (Å²) in [5.41, 5.74) is 0.667. The maximum absolute atomic E-state index is 12.7. The molecule has 6 rings (SSSR count). The smallest absolute Gasteiger partial charge is 0.265 e. The minimum absolute atomic E-state index is 0.0170. The van der Waals surface area contributed by atoms with Gasteiger partial charge >= 0.3 is 0 Å². The molecule has 8 heteroatoms. The van der Waals surface area contributed by atoms with E-state index in [0.717, 1.165) is 24.8 Å². The van der Waals surface area contributed by atoms with E-state index in [2.05, 4.69) is 5.32 Å². The molecular formula is C24H23Cl2NO5. The zero-order chi connectivity index (χ0) is 22.5. The first-order valence-electron chi connectivity index (χ1n) is 10.6. The predicted molar refractivity (Wildman–Crippen MR) is 120 cm³/mol. The summed E-state index contributed by atoms with van der Waals surface area (Å²) in [4.78, 5) is 25.1. The summed E-state index contributed by atoms with van der Waals surface area (Å²) in [7, 11) is 0. The number of hydrogen-bond acceptors (Lipinski definition) is 5. The first-order valence-corrected chi connectivity index (χ1v) is 11.3. The normalized spacial score (nSPS) is 27.0. The van der Waals surface area contributed by atoms with Gasteiger partial charge in [0.25, 0.3) is 5.91 Å². The maximum atomic E-state index is 12.7. The summed E-state index contributed by atoms with van der Waals surface area (Å²) >= 11 is 12.0. The third kappa shape index (κ3) is 4.02. The quantitative estimate of drug-likeness (QED) is 0.637. The van der Waals surface area contributed by atoms with Crippen LogP contribution in [0, 0.1) is 12.3 Å². The molecule has 3 saturated carbocycles. The Kier molecular flexibility index (Phi) is 5.25. The zero-order valence-corrected chi connectivity index (χ0v) is 19.1. The second-order valence-electron chi connectivity index (χ2n) is 9.22. The zero-order valence-electron chi connectivity index (χ0n) is 17.6. The van der Waals surface area contributed by atoms with Crippen molar-refractivity contribution in [1.29, 1.82) is 0 Å². The van der Waals surface area contributed by atoms with E-state index in [1.807, 2.05) is 13.0 Å². The number of benzene rings is 2. The van der Waals surface area contributed by atoms with Gasteiger partial charge in [-0.2, -0.15) is 0 Å². The lowest BCUT2D eigenvalue weighted by molar-refractivity contribution is -0.176. The van der Waals surface area contributed by atoms with Crippen LogP contribution in [0.1, 0.15) is 31.2 Å². The van der Waals surface area contributed by atoms with Crippen molar-refractivity contribution in [3.8, 4) is 17.2 Å². The summed E-state index contributed by atoms with van der Waals surface area (Å²) in [6.07, 6.45) is 2.17. The average molecular weight is 476 g/mol. The van der Waals surface area contributed by atoms with Crippen molar-refractivity contribution in [2.45, 2.75) is 44.2 Å². The van der Waals surface area contributed by atoms with Crippen LogP contribution in [0.5, 0.6) is 17.2 Å². The molecule has 32 heavy (non-hydrogen) atoms. The Morgan fingerprint density at radius 3 is 2.66 bits per heavy atom. The van der Waals surface area contributed by atoms with E-state index >= 15 is 0 Å². The molecule has 3 fully saturated rings. The standard InChI is InChI=1S/C24H23Cl2NO5/c1-14-6-17(3-4-18(14)26)30-9-16(28)8-23-11-24(12-23,13-23)27-22(29)21-10-31-20-7-15(25)2-5-19(20)32-21/h2-7,21H,8-13H2,1H3,(H,27,29)/t21-,23?,24?/m1/s1. The topological polar surface area (TPSA) is 73.9 Å². The number of carbonyl (C=O) groups excluding carboxylic acids is 2. The largest absolute Gasteiger partial charge is 0.486 e. The molecule has 0 saturated heterocycles. The van der Waals surface area contributed by atoms with Crippen molar-refractivity contribution in [2.24, 2.45) is 5.41 Å². The molecule has 0 unspecified atom stereocenters. The summed E-state index contributed by atoms with van der Waals surface area (Å²) in [5, 5.41) is 4.34. The van der Waals surface area contributed by atoms with Gasteiger partial charge in [0.15, 0.2) is 17.3 Å². The van der Waals surface area contributed by atoms with Gasteiger partial charge in [0.2, 0.25) is 6.10 Å². The minimum atomic E-state index is -0.702.